The van der Waals surface area contributed by atoms with Crippen molar-refractivity contribution in [2.75, 3.05) is 61.9 Å². The average Bonchev–Trinajstić information content (AvgIpc) is 2.75. The molecular formula is C19H26N8O. The lowest BCUT2D eigenvalue weighted by molar-refractivity contribution is 0.0973. The molecule has 0 aliphatic carbocycles. The van der Waals surface area contributed by atoms with Crippen molar-refractivity contribution in [2.24, 2.45) is 5.92 Å². The fourth-order valence-corrected chi connectivity index (χ4v) is 4.35. The van der Waals surface area contributed by atoms with Gasteiger partial charge >= 0.3 is 0 Å². The Labute approximate surface area is 164 Å². The second-order valence-corrected chi connectivity index (χ2v) is 7.76. The highest BCUT2D eigenvalue weighted by Gasteiger charge is 2.34. The Morgan fingerprint density at radius 1 is 1.04 bits per heavy atom. The van der Waals surface area contributed by atoms with Crippen LogP contribution < -0.4 is 16.0 Å². The number of nitrogen functional groups attached to an aromatic ring is 1. The van der Waals surface area contributed by atoms with Crippen LogP contribution in [0.25, 0.3) is 11.3 Å². The van der Waals surface area contributed by atoms with E-state index in [0.29, 0.717) is 19.3 Å². The summed E-state index contributed by atoms with van der Waals surface area (Å²) in [5, 5.41) is 3.70. The molecule has 9 heteroatoms. The lowest BCUT2D eigenvalue weighted by Gasteiger charge is -2.45. The van der Waals surface area contributed by atoms with Gasteiger partial charge in [-0.2, -0.15) is 4.98 Å². The molecule has 9 nitrogen and oxygen atoms in total. The maximum absolute atomic E-state index is 5.65. The second-order valence-electron chi connectivity index (χ2n) is 7.76. The second kappa shape index (κ2) is 7.48. The lowest BCUT2D eigenvalue weighted by atomic mass is 9.84. The number of anilines is 3. The van der Waals surface area contributed by atoms with Gasteiger partial charge in [0.05, 0.1) is 18.9 Å². The van der Waals surface area contributed by atoms with E-state index in [1.165, 1.54) is 25.9 Å². The minimum absolute atomic E-state index is 0.261. The van der Waals surface area contributed by atoms with Crippen LogP contribution in [-0.4, -0.2) is 76.8 Å². The number of nitrogens with two attached hydrogens (primary N) is 1. The first-order chi connectivity index (χ1) is 13.7. The molecule has 0 saturated carbocycles. The summed E-state index contributed by atoms with van der Waals surface area (Å²) >= 11 is 0. The summed E-state index contributed by atoms with van der Waals surface area (Å²) in [5.74, 6) is 2.57. The van der Waals surface area contributed by atoms with Crippen LogP contribution in [-0.2, 0) is 4.74 Å². The van der Waals surface area contributed by atoms with Crippen LogP contribution in [0.3, 0.4) is 0 Å². The third kappa shape index (κ3) is 3.59. The standard InChI is InChI=1S/C19H26N8O/c20-18-21-10-14(11-22-18)15-9-17(23-16-12-26-3-1-13(16)2-4-26)25-19(24-15)27-5-7-28-8-6-27/h9-11,13,16H,1-8,12H2,(H2,20,21,22)(H,23,24,25)/t16-/m0/s1. The molecule has 0 spiro atoms. The summed E-state index contributed by atoms with van der Waals surface area (Å²) in [7, 11) is 0. The van der Waals surface area contributed by atoms with Crippen molar-refractivity contribution >= 4 is 17.7 Å². The zero-order valence-electron chi connectivity index (χ0n) is 15.9. The van der Waals surface area contributed by atoms with E-state index in [-0.39, 0.29) is 5.95 Å². The molecule has 0 aromatic carbocycles. The van der Waals surface area contributed by atoms with Gasteiger partial charge < -0.3 is 25.6 Å². The third-order valence-electron chi connectivity index (χ3n) is 5.97. The number of rotatable bonds is 4. The average molecular weight is 382 g/mol. The van der Waals surface area contributed by atoms with Gasteiger partial charge in [0.25, 0.3) is 0 Å². The molecule has 4 aliphatic heterocycles. The molecule has 1 atom stereocenters. The van der Waals surface area contributed by atoms with Gasteiger partial charge in [-0.15, -0.1) is 0 Å². The number of hydrogen-bond acceptors (Lipinski definition) is 9. The fourth-order valence-electron chi connectivity index (χ4n) is 4.35. The molecule has 6 rings (SSSR count). The van der Waals surface area contributed by atoms with Crippen LogP contribution in [0, 0.1) is 5.92 Å². The third-order valence-corrected chi connectivity index (χ3v) is 5.97. The van der Waals surface area contributed by atoms with Gasteiger partial charge in [-0.1, -0.05) is 0 Å². The van der Waals surface area contributed by atoms with E-state index in [1.54, 1.807) is 12.4 Å². The van der Waals surface area contributed by atoms with Crippen LogP contribution in [0.1, 0.15) is 12.8 Å². The molecule has 4 aliphatic rings. The highest BCUT2D eigenvalue weighted by atomic mass is 16.5. The Kier molecular flexibility index (Phi) is 4.69. The SMILES string of the molecule is Nc1ncc(-c2cc(N[C@H]3CN4CCC3CC4)nc(N3CCOCC3)n2)cn1. The summed E-state index contributed by atoms with van der Waals surface area (Å²) in [5.41, 5.74) is 7.29. The van der Waals surface area contributed by atoms with Gasteiger partial charge in [0.2, 0.25) is 11.9 Å². The zero-order chi connectivity index (χ0) is 18.9. The molecule has 2 aromatic heterocycles. The minimum atomic E-state index is 0.261. The quantitative estimate of drug-likeness (QED) is 0.796. The minimum Gasteiger partial charge on any atom is -0.378 e. The highest BCUT2D eigenvalue weighted by Crippen LogP contribution is 2.30. The first-order valence-electron chi connectivity index (χ1n) is 10.0. The Morgan fingerprint density at radius 2 is 1.79 bits per heavy atom. The summed E-state index contributed by atoms with van der Waals surface area (Å²) in [4.78, 5) is 22.6. The van der Waals surface area contributed by atoms with Crippen molar-refractivity contribution in [1.82, 2.24) is 24.8 Å². The topological polar surface area (TPSA) is 105 Å². The first kappa shape index (κ1) is 17.6. The largest absolute Gasteiger partial charge is 0.378 e. The van der Waals surface area contributed by atoms with Gasteiger partial charge in [0.1, 0.15) is 5.82 Å². The van der Waals surface area contributed by atoms with Gasteiger partial charge in [-0.3, -0.25) is 0 Å². The van der Waals surface area contributed by atoms with Gasteiger partial charge in [-0.05, 0) is 31.8 Å². The van der Waals surface area contributed by atoms with E-state index in [2.05, 4.69) is 25.1 Å². The summed E-state index contributed by atoms with van der Waals surface area (Å²) in [6, 6.07) is 2.43. The Bertz CT molecular complexity index is 815. The van der Waals surface area contributed by atoms with Crippen molar-refractivity contribution in [2.45, 2.75) is 18.9 Å². The van der Waals surface area contributed by atoms with E-state index in [9.17, 15) is 0 Å². The van der Waals surface area contributed by atoms with E-state index >= 15 is 0 Å². The number of ether oxygens (including phenoxy) is 1. The molecule has 6 heterocycles. The lowest BCUT2D eigenvalue weighted by Crippen LogP contribution is -2.53. The maximum Gasteiger partial charge on any atom is 0.228 e. The molecule has 4 saturated heterocycles. The van der Waals surface area contributed by atoms with Crippen LogP contribution in [0.5, 0.6) is 0 Å². The normalized spacial score (nSPS) is 27.0. The number of hydrogen-bond donors (Lipinski definition) is 2. The number of fused-ring (bicyclic) bond motifs is 3. The Morgan fingerprint density at radius 3 is 2.46 bits per heavy atom. The molecule has 148 valence electrons. The zero-order valence-corrected chi connectivity index (χ0v) is 15.9. The van der Waals surface area contributed by atoms with E-state index in [0.717, 1.165) is 48.6 Å². The summed E-state index contributed by atoms with van der Waals surface area (Å²) in [6.07, 6.45) is 5.95. The van der Waals surface area contributed by atoms with Gasteiger partial charge in [0.15, 0.2) is 0 Å². The molecule has 0 radical (unpaired) electrons. The molecular weight excluding hydrogens is 356 g/mol. The van der Waals surface area contributed by atoms with Crippen LogP contribution in [0.2, 0.25) is 0 Å². The van der Waals surface area contributed by atoms with Gasteiger partial charge in [-0.25, -0.2) is 15.0 Å². The predicted molar refractivity (Wildman–Crippen MR) is 107 cm³/mol. The maximum atomic E-state index is 5.65. The van der Waals surface area contributed by atoms with E-state index < -0.39 is 0 Å². The van der Waals surface area contributed by atoms with E-state index in [4.69, 9.17) is 20.4 Å². The number of nitrogens with zero attached hydrogens (tertiary/aromatic N) is 6. The summed E-state index contributed by atoms with van der Waals surface area (Å²) in [6.45, 7) is 6.51. The predicted octanol–water partition coefficient (Wildman–Crippen LogP) is 0.858. The van der Waals surface area contributed by atoms with Crippen molar-refractivity contribution in [3.63, 3.8) is 0 Å². The number of piperidine rings is 3. The van der Waals surface area contributed by atoms with Crippen molar-refractivity contribution in [3.8, 4) is 11.3 Å². The monoisotopic (exact) mass is 382 g/mol. The Balaban J connectivity index is 1.46. The number of morpholine rings is 1. The van der Waals surface area contributed by atoms with Crippen molar-refractivity contribution in [1.29, 1.82) is 0 Å². The van der Waals surface area contributed by atoms with E-state index in [1.807, 2.05) is 6.07 Å². The highest BCUT2D eigenvalue weighted by molar-refractivity contribution is 5.63. The van der Waals surface area contributed by atoms with Gasteiger partial charge in [0, 0.05) is 49.7 Å². The molecule has 2 bridgehead atoms. The molecule has 0 unspecified atom stereocenters. The van der Waals surface area contributed by atoms with Crippen molar-refractivity contribution in [3.05, 3.63) is 18.5 Å². The Hall–Kier alpha value is -2.52. The summed E-state index contributed by atoms with van der Waals surface area (Å²) < 4.78 is 5.48. The smallest absolute Gasteiger partial charge is 0.228 e. The first-order valence-corrected chi connectivity index (χ1v) is 10.0. The molecule has 0 amide bonds. The number of nitrogens with one attached hydrogen (secondary N) is 1. The number of aromatic nitrogens is 4. The fraction of sp³-hybridized carbons (Fsp3) is 0.579. The molecule has 2 aromatic rings. The van der Waals surface area contributed by atoms with Crippen LogP contribution in [0.15, 0.2) is 18.5 Å². The molecule has 4 fully saturated rings. The van der Waals surface area contributed by atoms with Crippen molar-refractivity contribution < 1.29 is 4.74 Å². The van der Waals surface area contributed by atoms with Crippen LogP contribution >= 0.6 is 0 Å². The molecule has 28 heavy (non-hydrogen) atoms. The van der Waals surface area contributed by atoms with Crippen LogP contribution in [0.4, 0.5) is 17.7 Å². The molecule has 3 N–H and O–H groups in total.